The van der Waals surface area contributed by atoms with Gasteiger partial charge in [0.15, 0.2) is 0 Å². The summed E-state index contributed by atoms with van der Waals surface area (Å²) in [7, 11) is 13.5. The van der Waals surface area contributed by atoms with E-state index in [4.69, 9.17) is 14.0 Å². The van der Waals surface area contributed by atoms with Crippen LogP contribution in [0.5, 0.6) is 0 Å². The van der Waals surface area contributed by atoms with E-state index < -0.39 is 14.6 Å². The summed E-state index contributed by atoms with van der Waals surface area (Å²) in [5, 5.41) is 8.76. The zero-order chi connectivity index (χ0) is 36.0. The average Bonchev–Trinajstić information content (AvgIpc) is 2.99. The van der Waals surface area contributed by atoms with Crippen LogP contribution < -0.4 is 16.0 Å². The first kappa shape index (κ1) is 49.0. The monoisotopic (exact) mass is 686 g/mol. The smallest absolute Gasteiger partial charge is 0.329 e. The van der Waals surface area contributed by atoms with Crippen molar-refractivity contribution < 1.29 is 46.8 Å². The van der Waals surface area contributed by atoms with Crippen molar-refractivity contribution >= 4 is 26.3 Å². The molecule has 0 aromatic rings. The Morgan fingerprint density at radius 2 is 1.28 bits per heavy atom. The molecule has 3 atom stereocenters. The third-order valence-corrected chi connectivity index (χ3v) is 6.97. The third kappa shape index (κ3) is 33.9. The first-order valence-corrected chi connectivity index (χ1v) is 18.0. The molecule has 0 saturated heterocycles. The fraction of sp³-hybridized carbons (Fsp3) is 0.906. The van der Waals surface area contributed by atoms with Gasteiger partial charge in [0.2, 0.25) is 17.7 Å². The molecule has 14 heteroatoms. The minimum Gasteiger partial charge on any atom is -0.379 e. The summed E-state index contributed by atoms with van der Waals surface area (Å²) in [6.07, 6.45) is 4.58. The van der Waals surface area contributed by atoms with Gasteiger partial charge in [-0.25, -0.2) is 0 Å². The van der Waals surface area contributed by atoms with Crippen molar-refractivity contribution in [3.63, 3.8) is 0 Å². The Morgan fingerprint density at radius 3 is 1.80 bits per heavy atom. The molecule has 0 fully saturated rings. The molecule has 0 bridgehead atoms. The first-order chi connectivity index (χ1) is 21.7. The first-order valence-electron chi connectivity index (χ1n) is 16.9. The molecular weight excluding hydrogens is 613 g/mol. The fourth-order valence-electron chi connectivity index (χ4n) is 3.86. The van der Waals surface area contributed by atoms with E-state index in [2.05, 4.69) is 62.8 Å². The standard InChI is InChI=1S/C28H58N5O8P.2C2H6/c1-32(2,3)19-11-15-26(34)29-17-10-9-14-25(31-27(35)16-12-20-33(4,5)6)28(36)30-18-13-21-40-22-24(38-7)23-41-42(37)39-8;2*1-2/h24-25,37H,9-23H2,1-8H3,(H-2,29,30,31,34,35,36);2*1-2H3/p+2. The van der Waals surface area contributed by atoms with Crippen molar-refractivity contribution in [1.29, 1.82) is 0 Å². The van der Waals surface area contributed by atoms with Gasteiger partial charge in [-0.05, 0) is 25.7 Å². The predicted molar refractivity (Wildman–Crippen MR) is 187 cm³/mol. The molecule has 0 aliphatic heterocycles. The number of quaternary nitrogens is 2. The van der Waals surface area contributed by atoms with Crippen LogP contribution in [0.1, 0.15) is 79.1 Å². The van der Waals surface area contributed by atoms with Crippen LogP contribution in [-0.2, 0) is 32.9 Å². The van der Waals surface area contributed by atoms with Crippen LogP contribution in [0.2, 0.25) is 0 Å². The normalized spacial score (nSPS) is 13.2. The van der Waals surface area contributed by atoms with Crippen molar-refractivity contribution in [2.24, 2.45) is 0 Å². The van der Waals surface area contributed by atoms with Crippen molar-refractivity contribution in [2.75, 3.05) is 103 Å². The molecule has 4 N–H and O–H groups in total. The van der Waals surface area contributed by atoms with Crippen LogP contribution in [0.3, 0.4) is 0 Å². The minimum atomic E-state index is -1.92. The number of carbonyl (C=O) groups excluding carboxylic acids is 3. The number of rotatable bonds is 26. The van der Waals surface area contributed by atoms with Gasteiger partial charge in [0.1, 0.15) is 12.1 Å². The van der Waals surface area contributed by atoms with Crippen molar-refractivity contribution in [2.45, 2.75) is 91.2 Å². The summed E-state index contributed by atoms with van der Waals surface area (Å²) in [6, 6.07) is -0.632. The number of amides is 3. The molecule has 0 spiro atoms. The van der Waals surface area contributed by atoms with E-state index in [1.165, 1.54) is 14.2 Å². The second kappa shape index (κ2) is 30.9. The van der Waals surface area contributed by atoms with Crippen molar-refractivity contribution in [1.82, 2.24) is 16.0 Å². The summed E-state index contributed by atoms with van der Waals surface area (Å²) in [5.41, 5.74) is 0. The highest BCUT2D eigenvalue weighted by Gasteiger charge is 2.21. The molecule has 0 saturated carbocycles. The molecule has 0 aromatic heterocycles. The lowest BCUT2D eigenvalue weighted by molar-refractivity contribution is -0.870. The van der Waals surface area contributed by atoms with Gasteiger partial charge in [0, 0.05) is 59.6 Å². The van der Waals surface area contributed by atoms with Gasteiger partial charge in [-0.1, -0.05) is 27.7 Å². The average molecular weight is 686 g/mol. The van der Waals surface area contributed by atoms with Gasteiger partial charge < -0.3 is 48.3 Å². The lowest BCUT2D eigenvalue weighted by Crippen LogP contribution is -2.47. The lowest BCUT2D eigenvalue weighted by atomic mass is 10.1. The minimum absolute atomic E-state index is 0.0447. The lowest BCUT2D eigenvalue weighted by Gasteiger charge is -2.24. The number of carbonyl (C=O) groups is 3. The Hall–Kier alpha value is -1.44. The molecule has 0 aromatic carbocycles. The maximum Gasteiger partial charge on any atom is 0.329 e. The maximum atomic E-state index is 12.9. The molecule has 0 heterocycles. The van der Waals surface area contributed by atoms with Crippen LogP contribution in [0.4, 0.5) is 0 Å². The summed E-state index contributed by atoms with van der Waals surface area (Å²) < 4.78 is 22.3. The van der Waals surface area contributed by atoms with Gasteiger partial charge in [-0.3, -0.25) is 14.4 Å². The van der Waals surface area contributed by atoms with E-state index in [0.29, 0.717) is 51.8 Å². The van der Waals surface area contributed by atoms with Crippen molar-refractivity contribution in [3.8, 4) is 0 Å². The number of hydrogen-bond acceptors (Lipinski definition) is 8. The summed E-state index contributed by atoms with van der Waals surface area (Å²) in [5.74, 6) is -0.313. The molecule has 3 unspecified atom stereocenters. The highest BCUT2D eigenvalue weighted by molar-refractivity contribution is 7.40. The number of hydrogen-bond donors (Lipinski definition) is 4. The van der Waals surface area contributed by atoms with Crippen molar-refractivity contribution in [3.05, 3.63) is 0 Å². The zero-order valence-electron chi connectivity index (χ0n) is 31.4. The molecule has 276 valence electrons. The Kier molecular flexibility index (Phi) is 32.8. The quantitative estimate of drug-likeness (QED) is 0.0618. The topological polar surface area (TPSA) is 144 Å². The molecule has 0 rings (SSSR count). The SMILES string of the molecule is CC.CC.COC(COCCCNC(=O)C(CCCCNC(=O)CCC[N+](C)(C)C)NC(=O)CCC[N+](C)(C)C)COP(O)OC. The van der Waals surface area contributed by atoms with Crippen LogP contribution in [0.15, 0.2) is 0 Å². The molecule has 13 nitrogen and oxygen atoms in total. The number of methoxy groups -OCH3 is 1. The van der Waals surface area contributed by atoms with Gasteiger partial charge in [-0.2, -0.15) is 0 Å². The van der Waals surface area contributed by atoms with Gasteiger partial charge in [0.25, 0.3) is 0 Å². The van der Waals surface area contributed by atoms with E-state index in [9.17, 15) is 19.3 Å². The molecule has 46 heavy (non-hydrogen) atoms. The highest BCUT2D eigenvalue weighted by Crippen LogP contribution is 2.31. The molecular formula is C32H72N5O8P+2. The van der Waals surface area contributed by atoms with Crippen LogP contribution >= 0.6 is 8.60 Å². The maximum absolute atomic E-state index is 12.9. The number of unbranched alkanes of at least 4 members (excludes halogenated alkanes) is 1. The fourth-order valence-corrected chi connectivity index (χ4v) is 4.26. The number of ether oxygens (including phenoxy) is 2. The summed E-state index contributed by atoms with van der Waals surface area (Å²) in [6.45, 7) is 11.6. The van der Waals surface area contributed by atoms with E-state index in [1.807, 2.05) is 27.7 Å². The van der Waals surface area contributed by atoms with E-state index in [1.54, 1.807) is 0 Å². The second-order valence-electron chi connectivity index (χ2n) is 12.5. The molecule has 0 aliphatic rings. The molecule has 0 radical (unpaired) electrons. The van der Waals surface area contributed by atoms with Gasteiger partial charge in [0.05, 0.1) is 68.6 Å². The van der Waals surface area contributed by atoms with Gasteiger partial charge in [-0.15, -0.1) is 0 Å². The third-order valence-electron chi connectivity index (χ3n) is 6.29. The van der Waals surface area contributed by atoms with Crippen LogP contribution in [0.25, 0.3) is 0 Å². The summed E-state index contributed by atoms with van der Waals surface area (Å²) in [4.78, 5) is 47.0. The van der Waals surface area contributed by atoms with E-state index in [0.717, 1.165) is 41.3 Å². The van der Waals surface area contributed by atoms with E-state index >= 15 is 0 Å². The van der Waals surface area contributed by atoms with E-state index in [-0.39, 0.29) is 37.0 Å². The largest absolute Gasteiger partial charge is 0.379 e. The summed E-state index contributed by atoms with van der Waals surface area (Å²) >= 11 is 0. The molecule has 0 aliphatic carbocycles. The predicted octanol–water partition coefficient (Wildman–Crippen LogP) is 3.20. The number of nitrogens with zero attached hydrogens (tertiary/aromatic N) is 2. The highest BCUT2D eigenvalue weighted by atomic mass is 31.2. The Labute approximate surface area is 282 Å². The van der Waals surface area contributed by atoms with Gasteiger partial charge >= 0.3 is 8.60 Å². The Balaban J connectivity index is -0.00000443. The van der Waals surface area contributed by atoms with Crippen LogP contribution in [0, 0.1) is 0 Å². The zero-order valence-corrected chi connectivity index (χ0v) is 32.3. The van der Waals surface area contributed by atoms with Crippen LogP contribution in [-0.4, -0.2) is 146 Å². The number of nitrogens with one attached hydrogen (secondary N) is 3. The molecule has 3 amide bonds. The second-order valence-corrected chi connectivity index (χ2v) is 13.6. The Morgan fingerprint density at radius 1 is 0.739 bits per heavy atom. The Bertz CT molecular complexity index is 751.